The highest BCUT2D eigenvalue weighted by molar-refractivity contribution is 8.07. The Morgan fingerprint density at radius 3 is 2.47 bits per heavy atom. The minimum Gasteiger partial charge on any atom is -0.369 e. The Hall–Kier alpha value is -0.520. The fourth-order valence-corrected chi connectivity index (χ4v) is 5.56. The predicted molar refractivity (Wildman–Crippen MR) is 78.0 cm³/mol. The number of Topliss-reactive ketones (excluding diaryl/α,β-unsaturated/α-hetero) is 2. The summed E-state index contributed by atoms with van der Waals surface area (Å²) in [5.41, 5.74) is -0.936. The molecule has 102 valence electrons. The van der Waals surface area contributed by atoms with Gasteiger partial charge in [0.2, 0.25) is 5.78 Å². The Labute approximate surface area is 121 Å². The van der Waals surface area contributed by atoms with Crippen LogP contribution in [0.25, 0.3) is 0 Å². The molecule has 3 nitrogen and oxygen atoms in total. The number of ketones is 2. The monoisotopic (exact) mass is 296 g/mol. The van der Waals surface area contributed by atoms with E-state index < -0.39 is 5.60 Å². The van der Waals surface area contributed by atoms with E-state index in [1.807, 2.05) is 12.5 Å². The summed E-state index contributed by atoms with van der Waals surface area (Å²) in [6.45, 7) is 0. The first-order valence-corrected chi connectivity index (χ1v) is 8.71. The van der Waals surface area contributed by atoms with E-state index >= 15 is 0 Å². The molecule has 4 atom stereocenters. The van der Waals surface area contributed by atoms with E-state index in [0.29, 0.717) is 9.81 Å². The molecule has 0 aromatic heterocycles. The molecule has 1 fully saturated rings. The summed E-state index contributed by atoms with van der Waals surface area (Å²) in [7, 11) is 1.56. The Balaban J connectivity index is 2.20. The van der Waals surface area contributed by atoms with Crippen molar-refractivity contribution in [1.82, 2.24) is 0 Å². The second-order valence-electron chi connectivity index (χ2n) is 5.13. The highest BCUT2D eigenvalue weighted by Gasteiger charge is 2.66. The van der Waals surface area contributed by atoms with Crippen molar-refractivity contribution in [2.45, 2.75) is 12.0 Å². The van der Waals surface area contributed by atoms with E-state index in [1.54, 1.807) is 7.11 Å². The third kappa shape index (κ3) is 1.46. The zero-order valence-electron chi connectivity index (χ0n) is 11.1. The number of rotatable bonds is 3. The first kappa shape index (κ1) is 13.5. The summed E-state index contributed by atoms with van der Waals surface area (Å²) in [6.07, 6.45) is 8.71. The van der Waals surface area contributed by atoms with Crippen LogP contribution in [0.2, 0.25) is 0 Å². The van der Waals surface area contributed by atoms with Crippen molar-refractivity contribution in [3.05, 3.63) is 22.0 Å². The summed E-state index contributed by atoms with van der Waals surface area (Å²) >= 11 is 2.75. The molecule has 0 aromatic rings. The summed E-state index contributed by atoms with van der Waals surface area (Å²) in [4.78, 5) is 26.8. The van der Waals surface area contributed by atoms with Crippen molar-refractivity contribution < 1.29 is 14.3 Å². The molecule has 19 heavy (non-hydrogen) atoms. The van der Waals surface area contributed by atoms with E-state index in [2.05, 4.69) is 12.2 Å². The minimum absolute atomic E-state index is 0.00769. The van der Waals surface area contributed by atoms with Gasteiger partial charge in [0.25, 0.3) is 0 Å². The lowest BCUT2D eigenvalue weighted by molar-refractivity contribution is -0.154. The van der Waals surface area contributed by atoms with Crippen LogP contribution in [0.3, 0.4) is 0 Å². The molecule has 4 unspecified atom stereocenters. The molecule has 0 heterocycles. The summed E-state index contributed by atoms with van der Waals surface area (Å²) in [6, 6.07) is 0. The maximum atomic E-state index is 12.9. The average Bonchev–Trinajstić information content (AvgIpc) is 3.01. The Kier molecular flexibility index (Phi) is 3.19. The van der Waals surface area contributed by atoms with Gasteiger partial charge in [0.1, 0.15) is 5.60 Å². The molecule has 3 aliphatic rings. The lowest BCUT2D eigenvalue weighted by Crippen LogP contribution is -2.56. The van der Waals surface area contributed by atoms with Gasteiger partial charge in [-0.2, -0.15) is 0 Å². The standard InChI is InChI=1S/C14H16O3S2/c1-17-14-8-5-4-7(6-8)9(14)10(15)11(18-2)12(19-3)13(14)16/h4-5,7-9H,6H2,1-3H3. The molecule has 0 spiro atoms. The average molecular weight is 296 g/mol. The van der Waals surface area contributed by atoms with Gasteiger partial charge in [0.05, 0.1) is 15.7 Å². The van der Waals surface area contributed by atoms with Crippen molar-refractivity contribution in [3.63, 3.8) is 0 Å². The molecule has 5 heteroatoms. The molecular weight excluding hydrogens is 280 g/mol. The van der Waals surface area contributed by atoms with Crippen LogP contribution < -0.4 is 0 Å². The van der Waals surface area contributed by atoms with E-state index in [-0.39, 0.29) is 29.3 Å². The first-order chi connectivity index (χ1) is 9.11. The number of hydrogen-bond acceptors (Lipinski definition) is 5. The third-order valence-electron chi connectivity index (χ3n) is 4.58. The zero-order valence-corrected chi connectivity index (χ0v) is 12.8. The van der Waals surface area contributed by atoms with Crippen LogP contribution in [-0.2, 0) is 14.3 Å². The minimum atomic E-state index is -0.936. The third-order valence-corrected chi connectivity index (χ3v) is 6.32. The molecule has 3 rings (SSSR count). The normalized spacial score (nSPS) is 40.3. The predicted octanol–water partition coefficient (Wildman–Crippen LogP) is 2.28. The largest absolute Gasteiger partial charge is 0.369 e. The molecule has 0 aliphatic heterocycles. The van der Waals surface area contributed by atoms with Gasteiger partial charge in [0, 0.05) is 13.0 Å². The topological polar surface area (TPSA) is 43.4 Å². The Morgan fingerprint density at radius 1 is 1.21 bits per heavy atom. The van der Waals surface area contributed by atoms with E-state index in [0.717, 1.165) is 6.42 Å². The van der Waals surface area contributed by atoms with E-state index in [1.165, 1.54) is 23.5 Å². The first-order valence-electron chi connectivity index (χ1n) is 6.26. The fraction of sp³-hybridized carbons (Fsp3) is 0.571. The van der Waals surface area contributed by atoms with Gasteiger partial charge in [-0.15, -0.1) is 23.5 Å². The van der Waals surface area contributed by atoms with Crippen LogP contribution >= 0.6 is 23.5 Å². The molecule has 0 N–H and O–H groups in total. The van der Waals surface area contributed by atoms with Crippen LogP contribution in [0, 0.1) is 17.8 Å². The van der Waals surface area contributed by atoms with Gasteiger partial charge >= 0.3 is 0 Å². The van der Waals surface area contributed by atoms with Crippen LogP contribution in [-0.4, -0.2) is 36.8 Å². The smallest absolute Gasteiger partial charge is 0.203 e. The summed E-state index contributed by atoms with van der Waals surface area (Å²) in [5.74, 6) is -0.0109. The number of methoxy groups -OCH3 is 1. The van der Waals surface area contributed by atoms with Crippen LogP contribution in [0.15, 0.2) is 22.0 Å². The summed E-state index contributed by atoms with van der Waals surface area (Å²) in [5, 5.41) is 0. The van der Waals surface area contributed by atoms with Crippen molar-refractivity contribution in [2.24, 2.45) is 17.8 Å². The number of thioether (sulfide) groups is 2. The van der Waals surface area contributed by atoms with Gasteiger partial charge in [0.15, 0.2) is 5.78 Å². The quantitative estimate of drug-likeness (QED) is 0.748. The van der Waals surface area contributed by atoms with Crippen molar-refractivity contribution in [2.75, 3.05) is 19.6 Å². The lowest BCUT2D eigenvalue weighted by atomic mass is 9.70. The van der Waals surface area contributed by atoms with Crippen LogP contribution in [0.1, 0.15) is 6.42 Å². The van der Waals surface area contributed by atoms with E-state index in [4.69, 9.17) is 4.74 Å². The van der Waals surface area contributed by atoms with Crippen molar-refractivity contribution in [1.29, 1.82) is 0 Å². The number of fused-ring (bicyclic) bond motifs is 5. The number of allylic oxidation sites excluding steroid dienone is 2. The molecule has 1 saturated carbocycles. The molecule has 3 aliphatic carbocycles. The molecule has 0 saturated heterocycles. The fourth-order valence-electron chi connectivity index (χ4n) is 3.82. The Morgan fingerprint density at radius 2 is 1.89 bits per heavy atom. The maximum Gasteiger partial charge on any atom is 0.203 e. The van der Waals surface area contributed by atoms with Crippen molar-refractivity contribution in [3.8, 4) is 0 Å². The van der Waals surface area contributed by atoms with Gasteiger partial charge in [-0.1, -0.05) is 12.2 Å². The number of carbonyl (C=O) groups is 2. The van der Waals surface area contributed by atoms with Crippen molar-refractivity contribution >= 4 is 35.1 Å². The van der Waals surface area contributed by atoms with Crippen LogP contribution in [0.5, 0.6) is 0 Å². The Bertz CT molecular complexity index is 523. The van der Waals surface area contributed by atoms with E-state index in [9.17, 15) is 9.59 Å². The van der Waals surface area contributed by atoms with Gasteiger partial charge < -0.3 is 4.74 Å². The van der Waals surface area contributed by atoms with Crippen LogP contribution in [0.4, 0.5) is 0 Å². The molecule has 0 amide bonds. The maximum absolute atomic E-state index is 12.9. The SMILES string of the molecule is COC12C(=O)C(SC)=C(SC)C(=O)C1C1C=CC2C1. The number of hydrogen-bond donors (Lipinski definition) is 0. The molecule has 2 bridgehead atoms. The van der Waals surface area contributed by atoms with Gasteiger partial charge in [-0.05, 0) is 24.9 Å². The zero-order chi connectivity index (χ0) is 13.8. The van der Waals surface area contributed by atoms with Gasteiger partial charge in [-0.25, -0.2) is 0 Å². The second-order valence-corrected chi connectivity index (χ2v) is 6.76. The lowest BCUT2D eigenvalue weighted by Gasteiger charge is -2.42. The molecule has 0 radical (unpaired) electrons. The molecular formula is C14H16O3S2. The highest BCUT2D eigenvalue weighted by atomic mass is 32.2. The number of ether oxygens (including phenoxy) is 1. The molecule has 0 aromatic carbocycles. The second kappa shape index (κ2) is 4.50. The summed E-state index contributed by atoms with van der Waals surface area (Å²) < 4.78 is 5.67. The van der Waals surface area contributed by atoms with Gasteiger partial charge in [-0.3, -0.25) is 9.59 Å². The highest BCUT2D eigenvalue weighted by Crippen LogP contribution is 2.58. The number of carbonyl (C=O) groups excluding carboxylic acids is 2.